The second-order valence-corrected chi connectivity index (χ2v) is 7.73. The van der Waals surface area contributed by atoms with Gasteiger partial charge in [0.2, 0.25) is 5.91 Å². The maximum Gasteiger partial charge on any atom is 0.282 e. The van der Waals surface area contributed by atoms with Crippen molar-refractivity contribution in [3.63, 3.8) is 0 Å². The van der Waals surface area contributed by atoms with Crippen molar-refractivity contribution in [2.45, 2.75) is 31.5 Å². The number of nitrogen functional groups attached to an aromatic ring is 1. The van der Waals surface area contributed by atoms with E-state index in [1.807, 2.05) is 49.6 Å². The molecule has 6 nitrogen and oxygen atoms in total. The second-order valence-electron chi connectivity index (χ2n) is 5.93. The molecule has 3 aromatic rings. The summed E-state index contributed by atoms with van der Waals surface area (Å²) >= 11 is 2.56. The van der Waals surface area contributed by atoms with Crippen molar-refractivity contribution < 1.29 is 4.79 Å². The number of fused-ring (bicyclic) bond motifs is 1. The van der Waals surface area contributed by atoms with Gasteiger partial charge < -0.3 is 11.2 Å². The van der Waals surface area contributed by atoms with E-state index in [0.29, 0.717) is 15.4 Å². The number of thioether (sulfide) groups is 1. The third kappa shape index (κ3) is 3.76. The number of thiophene rings is 1. The number of hydrogen-bond donors (Lipinski definition) is 2. The molecule has 136 valence electrons. The molecule has 0 saturated heterocycles. The lowest BCUT2D eigenvalue weighted by molar-refractivity contribution is -0.119. The summed E-state index contributed by atoms with van der Waals surface area (Å²) in [5.74, 6) is 6.02. The zero-order valence-corrected chi connectivity index (χ0v) is 16.2. The van der Waals surface area contributed by atoms with Gasteiger partial charge in [0.25, 0.3) is 5.56 Å². The van der Waals surface area contributed by atoms with Crippen molar-refractivity contribution in [3.8, 4) is 11.1 Å². The predicted molar refractivity (Wildman–Crippen MR) is 108 cm³/mol. The van der Waals surface area contributed by atoms with Crippen LogP contribution in [0, 0.1) is 0 Å². The smallest absolute Gasteiger partial charge is 0.282 e. The number of carbonyl (C=O) groups excluding carboxylic acids is 1. The van der Waals surface area contributed by atoms with Crippen LogP contribution in [0.15, 0.2) is 45.7 Å². The SMILES string of the molecule is CC[C@@H](C)NC(=O)CSc1nc2scc(-c3ccccc3)c2c(=O)n1N. The van der Waals surface area contributed by atoms with E-state index in [9.17, 15) is 9.59 Å². The highest BCUT2D eigenvalue weighted by molar-refractivity contribution is 7.99. The Morgan fingerprint density at radius 2 is 2.12 bits per heavy atom. The molecule has 1 atom stereocenters. The van der Waals surface area contributed by atoms with Crippen molar-refractivity contribution in [1.29, 1.82) is 0 Å². The summed E-state index contributed by atoms with van der Waals surface area (Å²) in [6, 6.07) is 9.79. The zero-order chi connectivity index (χ0) is 18.7. The molecular formula is C18H20N4O2S2. The molecule has 0 spiro atoms. The molecule has 0 aliphatic heterocycles. The number of benzene rings is 1. The summed E-state index contributed by atoms with van der Waals surface area (Å²) in [5, 5.41) is 5.65. The van der Waals surface area contributed by atoms with Crippen LogP contribution < -0.4 is 16.7 Å². The summed E-state index contributed by atoms with van der Waals surface area (Å²) in [7, 11) is 0. The van der Waals surface area contributed by atoms with E-state index in [4.69, 9.17) is 5.84 Å². The van der Waals surface area contributed by atoms with Gasteiger partial charge in [-0.15, -0.1) is 11.3 Å². The number of aromatic nitrogens is 2. The Hall–Kier alpha value is -2.32. The predicted octanol–water partition coefficient (Wildman–Crippen LogP) is 2.85. The van der Waals surface area contributed by atoms with Crippen LogP contribution >= 0.6 is 23.1 Å². The first-order valence-electron chi connectivity index (χ1n) is 8.28. The van der Waals surface area contributed by atoms with Crippen LogP contribution in [0.25, 0.3) is 21.3 Å². The Labute approximate surface area is 159 Å². The molecular weight excluding hydrogens is 368 g/mol. The first-order chi connectivity index (χ1) is 12.5. The summed E-state index contributed by atoms with van der Waals surface area (Å²) in [6.45, 7) is 3.95. The summed E-state index contributed by atoms with van der Waals surface area (Å²) < 4.78 is 1.03. The van der Waals surface area contributed by atoms with E-state index < -0.39 is 0 Å². The lowest BCUT2D eigenvalue weighted by Crippen LogP contribution is -2.34. The average Bonchev–Trinajstić information content (AvgIpc) is 3.08. The maximum atomic E-state index is 12.8. The molecule has 0 bridgehead atoms. The van der Waals surface area contributed by atoms with Crippen LogP contribution in [-0.2, 0) is 4.79 Å². The summed E-state index contributed by atoms with van der Waals surface area (Å²) in [5.41, 5.74) is 1.47. The van der Waals surface area contributed by atoms with E-state index >= 15 is 0 Å². The molecule has 0 saturated carbocycles. The van der Waals surface area contributed by atoms with Gasteiger partial charge in [-0.2, -0.15) is 0 Å². The lowest BCUT2D eigenvalue weighted by Gasteiger charge is -2.11. The van der Waals surface area contributed by atoms with Crippen molar-refractivity contribution in [1.82, 2.24) is 15.0 Å². The molecule has 0 radical (unpaired) electrons. The van der Waals surface area contributed by atoms with Crippen molar-refractivity contribution in [2.75, 3.05) is 11.6 Å². The minimum absolute atomic E-state index is 0.102. The Kier molecular flexibility index (Phi) is 5.63. The Morgan fingerprint density at radius 3 is 2.81 bits per heavy atom. The molecule has 3 N–H and O–H groups in total. The third-order valence-corrected chi connectivity index (χ3v) is 5.87. The molecule has 3 rings (SSSR count). The van der Waals surface area contributed by atoms with Gasteiger partial charge in [0, 0.05) is 17.0 Å². The number of hydrogen-bond acceptors (Lipinski definition) is 6. The van der Waals surface area contributed by atoms with E-state index in [1.165, 1.54) is 11.3 Å². The van der Waals surface area contributed by atoms with E-state index in [-0.39, 0.29) is 23.3 Å². The van der Waals surface area contributed by atoms with Crippen molar-refractivity contribution in [2.24, 2.45) is 0 Å². The Balaban J connectivity index is 1.89. The lowest BCUT2D eigenvalue weighted by atomic mass is 10.1. The van der Waals surface area contributed by atoms with Gasteiger partial charge in [-0.3, -0.25) is 9.59 Å². The van der Waals surface area contributed by atoms with Crippen LogP contribution in [0.3, 0.4) is 0 Å². The van der Waals surface area contributed by atoms with Gasteiger partial charge in [-0.1, -0.05) is 49.0 Å². The fourth-order valence-electron chi connectivity index (χ4n) is 2.47. The van der Waals surface area contributed by atoms with Crippen LogP contribution in [0.4, 0.5) is 0 Å². The number of carbonyl (C=O) groups is 1. The van der Waals surface area contributed by atoms with Crippen LogP contribution in [0.2, 0.25) is 0 Å². The quantitative estimate of drug-likeness (QED) is 0.385. The minimum atomic E-state index is -0.306. The largest absolute Gasteiger partial charge is 0.353 e. The second kappa shape index (κ2) is 7.92. The molecule has 2 heterocycles. The van der Waals surface area contributed by atoms with Gasteiger partial charge in [-0.05, 0) is 18.9 Å². The van der Waals surface area contributed by atoms with E-state index in [2.05, 4.69) is 10.3 Å². The monoisotopic (exact) mass is 388 g/mol. The van der Waals surface area contributed by atoms with Crippen LogP contribution in [0.1, 0.15) is 20.3 Å². The van der Waals surface area contributed by atoms with Gasteiger partial charge in [0.1, 0.15) is 4.83 Å². The van der Waals surface area contributed by atoms with E-state index in [0.717, 1.165) is 34.0 Å². The van der Waals surface area contributed by atoms with Gasteiger partial charge >= 0.3 is 0 Å². The molecule has 1 amide bonds. The summed E-state index contributed by atoms with van der Waals surface area (Å²) in [4.78, 5) is 29.8. The van der Waals surface area contributed by atoms with Crippen LogP contribution in [0.5, 0.6) is 0 Å². The first-order valence-corrected chi connectivity index (χ1v) is 10.1. The van der Waals surface area contributed by atoms with Gasteiger partial charge in [-0.25, -0.2) is 9.66 Å². The number of rotatable bonds is 6. The number of amides is 1. The highest BCUT2D eigenvalue weighted by Crippen LogP contribution is 2.31. The highest BCUT2D eigenvalue weighted by atomic mass is 32.2. The molecule has 26 heavy (non-hydrogen) atoms. The molecule has 8 heteroatoms. The third-order valence-electron chi connectivity index (χ3n) is 4.04. The average molecular weight is 389 g/mol. The molecule has 0 aliphatic carbocycles. The molecule has 1 aromatic carbocycles. The topological polar surface area (TPSA) is 90.0 Å². The minimum Gasteiger partial charge on any atom is -0.353 e. The number of nitrogens with one attached hydrogen (secondary N) is 1. The Bertz CT molecular complexity index is 982. The first kappa shape index (κ1) is 18.5. The van der Waals surface area contributed by atoms with Gasteiger partial charge in [0.05, 0.1) is 11.1 Å². The fraction of sp³-hybridized carbons (Fsp3) is 0.278. The van der Waals surface area contributed by atoms with Crippen LogP contribution in [-0.4, -0.2) is 27.4 Å². The standard InChI is InChI=1S/C18H20N4O2S2/c1-3-11(2)20-14(23)10-26-18-21-16-15(17(24)22(18)19)13(9-25-16)12-7-5-4-6-8-12/h4-9,11H,3,10,19H2,1-2H3,(H,20,23)/t11-/m1/s1. The maximum absolute atomic E-state index is 12.8. The van der Waals surface area contributed by atoms with Crippen molar-refractivity contribution in [3.05, 3.63) is 46.1 Å². The van der Waals surface area contributed by atoms with Crippen molar-refractivity contribution >= 4 is 39.2 Å². The highest BCUT2D eigenvalue weighted by Gasteiger charge is 2.17. The fourth-order valence-corrected chi connectivity index (χ4v) is 4.18. The number of nitrogens with two attached hydrogens (primary N) is 1. The van der Waals surface area contributed by atoms with E-state index in [1.54, 1.807) is 0 Å². The Morgan fingerprint density at radius 1 is 1.38 bits per heavy atom. The van der Waals surface area contributed by atoms with Gasteiger partial charge in [0.15, 0.2) is 5.16 Å². The zero-order valence-electron chi connectivity index (χ0n) is 14.6. The molecule has 0 fully saturated rings. The molecule has 2 aromatic heterocycles. The molecule has 0 unspecified atom stereocenters. The normalized spacial score (nSPS) is 12.2. The molecule has 0 aliphatic rings. The number of nitrogens with zero attached hydrogens (tertiary/aromatic N) is 2. The summed E-state index contributed by atoms with van der Waals surface area (Å²) in [6.07, 6.45) is 0.861.